The Bertz CT molecular complexity index is 877. The molecule has 21 heavy (non-hydrogen) atoms. The van der Waals surface area contributed by atoms with Crippen molar-refractivity contribution >= 4 is 22.4 Å². The molecular weight excluding hydrogens is 262 g/mol. The van der Waals surface area contributed by atoms with Gasteiger partial charge in [-0.2, -0.15) is 0 Å². The second-order valence-electron chi connectivity index (χ2n) is 4.68. The zero-order chi connectivity index (χ0) is 14.8. The van der Waals surface area contributed by atoms with Gasteiger partial charge < -0.3 is 5.11 Å². The first-order chi connectivity index (χ1) is 10.2. The van der Waals surface area contributed by atoms with Gasteiger partial charge in [0.25, 0.3) is 0 Å². The van der Waals surface area contributed by atoms with Gasteiger partial charge in [-0.3, -0.25) is 0 Å². The van der Waals surface area contributed by atoms with Gasteiger partial charge in [0.1, 0.15) is 0 Å². The second-order valence-corrected chi connectivity index (χ2v) is 4.68. The number of benzene rings is 3. The van der Waals surface area contributed by atoms with Crippen molar-refractivity contribution in [3.8, 4) is 11.1 Å². The van der Waals surface area contributed by atoms with Gasteiger partial charge in [-0.25, -0.2) is 9.64 Å². The Hall–Kier alpha value is -3.12. The van der Waals surface area contributed by atoms with Gasteiger partial charge in [0, 0.05) is 0 Å². The molecule has 0 heterocycles. The highest BCUT2D eigenvalue weighted by molar-refractivity contribution is 6.05. The lowest BCUT2D eigenvalue weighted by atomic mass is 9.95. The summed E-state index contributed by atoms with van der Waals surface area (Å²) < 4.78 is 0. The van der Waals surface area contributed by atoms with Gasteiger partial charge in [-0.05, 0) is 34.0 Å². The average molecular weight is 273 g/mol. The maximum absolute atomic E-state index is 11.2. The lowest BCUT2D eigenvalue weighted by molar-refractivity contribution is 0.0697. The van der Waals surface area contributed by atoms with E-state index in [0.717, 1.165) is 21.9 Å². The molecule has 0 aliphatic heterocycles. The van der Waals surface area contributed by atoms with Crippen molar-refractivity contribution in [1.29, 1.82) is 0 Å². The van der Waals surface area contributed by atoms with Crippen molar-refractivity contribution in [3.63, 3.8) is 0 Å². The van der Waals surface area contributed by atoms with E-state index in [9.17, 15) is 9.90 Å². The minimum absolute atomic E-state index is 0.224. The quantitative estimate of drug-likeness (QED) is 0.684. The Morgan fingerprint density at radius 3 is 2.38 bits per heavy atom. The number of carbonyl (C=O) groups is 1. The number of carboxylic acids is 1. The van der Waals surface area contributed by atoms with Gasteiger partial charge in [0.15, 0.2) is 5.69 Å². The number of hydrogen-bond acceptors (Lipinski definition) is 1. The molecule has 0 bridgehead atoms. The Labute approximate surface area is 121 Å². The lowest BCUT2D eigenvalue weighted by Gasteiger charge is -2.10. The molecule has 100 valence electrons. The molecule has 3 aromatic rings. The molecule has 0 aliphatic carbocycles. The molecule has 1 N–H and O–H groups in total. The first-order valence-electron chi connectivity index (χ1n) is 6.43. The third-order valence-corrected chi connectivity index (χ3v) is 3.43. The average Bonchev–Trinajstić information content (AvgIpc) is 2.53. The fourth-order valence-electron chi connectivity index (χ4n) is 2.44. The van der Waals surface area contributed by atoms with E-state index in [0.29, 0.717) is 5.69 Å². The summed E-state index contributed by atoms with van der Waals surface area (Å²) in [7, 11) is 0. The van der Waals surface area contributed by atoms with Crippen LogP contribution >= 0.6 is 0 Å². The van der Waals surface area contributed by atoms with Crippen LogP contribution in [0.2, 0.25) is 0 Å². The summed E-state index contributed by atoms with van der Waals surface area (Å²) in [4.78, 5) is 14.8. The molecule has 0 saturated heterocycles. The summed E-state index contributed by atoms with van der Waals surface area (Å²) >= 11 is 0. The summed E-state index contributed by atoms with van der Waals surface area (Å²) in [6.45, 7) is 7.36. The van der Waals surface area contributed by atoms with Crippen molar-refractivity contribution in [2.45, 2.75) is 0 Å². The molecule has 0 saturated carbocycles. The van der Waals surface area contributed by atoms with Gasteiger partial charge >= 0.3 is 5.97 Å². The van der Waals surface area contributed by atoms with Crippen LogP contribution in [0.5, 0.6) is 0 Å². The zero-order valence-electron chi connectivity index (χ0n) is 11.1. The predicted octanol–water partition coefficient (Wildman–Crippen LogP) is 4.76. The number of hydrogen-bond donors (Lipinski definition) is 1. The number of rotatable bonds is 2. The molecule has 0 spiro atoms. The SMILES string of the molecule is [C-]#[N+]c1ccc2ccc(C(=O)O)cc2c1-c1ccccc1. The lowest BCUT2D eigenvalue weighted by Crippen LogP contribution is -1.95. The minimum Gasteiger partial charge on any atom is -0.478 e. The molecule has 0 amide bonds. The Balaban J connectivity index is 2.41. The maximum Gasteiger partial charge on any atom is 0.335 e. The Morgan fingerprint density at radius 1 is 1.00 bits per heavy atom. The first kappa shape index (κ1) is 12.9. The largest absolute Gasteiger partial charge is 0.478 e. The number of fused-ring (bicyclic) bond motifs is 1. The molecule has 0 fully saturated rings. The summed E-state index contributed by atoms with van der Waals surface area (Å²) in [5, 5.41) is 10.9. The van der Waals surface area contributed by atoms with Crippen LogP contribution in [0.3, 0.4) is 0 Å². The third kappa shape index (κ3) is 2.24. The molecule has 3 nitrogen and oxygen atoms in total. The molecule has 0 unspecified atom stereocenters. The minimum atomic E-state index is -0.968. The molecule has 3 heteroatoms. The van der Waals surface area contributed by atoms with Crippen molar-refractivity contribution in [2.24, 2.45) is 0 Å². The van der Waals surface area contributed by atoms with Gasteiger partial charge in [0.2, 0.25) is 0 Å². The predicted molar refractivity (Wildman–Crippen MR) is 82.6 cm³/mol. The van der Waals surface area contributed by atoms with Crippen LogP contribution < -0.4 is 0 Å². The number of aromatic carboxylic acids is 1. The molecular formula is C18H11NO2. The van der Waals surface area contributed by atoms with Crippen LogP contribution in [0.1, 0.15) is 10.4 Å². The first-order valence-corrected chi connectivity index (χ1v) is 6.43. The Morgan fingerprint density at radius 2 is 1.71 bits per heavy atom. The number of nitrogens with zero attached hydrogens (tertiary/aromatic N) is 1. The van der Waals surface area contributed by atoms with Crippen LogP contribution in [-0.4, -0.2) is 11.1 Å². The normalized spacial score (nSPS) is 10.2. The fraction of sp³-hybridized carbons (Fsp3) is 0. The van der Waals surface area contributed by atoms with E-state index in [1.165, 1.54) is 0 Å². The Kier molecular flexibility index (Phi) is 3.13. The molecule has 3 rings (SSSR count). The molecule has 0 aliphatic rings. The highest BCUT2D eigenvalue weighted by Gasteiger charge is 2.12. The fourth-order valence-corrected chi connectivity index (χ4v) is 2.44. The molecule has 0 radical (unpaired) electrons. The van der Waals surface area contributed by atoms with E-state index in [-0.39, 0.29) is 5.56 Å². The van der Waals surface area contributed by atoms with E-state index in [1.807, 2.05) is 36.4 Å². The maximum atomic E-state index is 11.2. The van der Waals surface area contributed by atoms with E-state index < -0.39 is 5.97 Å². The van der Waals surface area contributed by atoms with E-state index in [1.54, 1.807) is 24.3 Å². The zero-order valence-corrected chi connectivity index (χ0v) is 11.1. The van der Waals surface area contributed by atoms with E-state index >= 15 is 0 Å². The highest BCUT2D eigenvalue weighted by Crippen LogP contribution is 2.37. The monoisotopic (exact) mass is 273 g/mol. The molecule has 3 aromatic carbocycles. The van der Waals surface area contributed by atoms with Gasteiger partial charge in [-0.15, -0.1) is 0 Å². The van der Waals surface area contributed by atoms with Crippen LogP contribution in [0.25, 0.3) is 26.7 Å². The number of carboxylic acid groups (broad SMARTS) is 1. The topological polar surface area (TPSA) is 41.7 Å². The van der Waals surface area contributed by atoms with Crippen molar-refractivity contribution < 1.29 is 9.90 Å². The third-order valence-electron chi connectivity index (χ3n) is 3.43. The van der Waals surface area contributed by atoms with Crippen LogP contribution in [0.4, 0.5) is 5.69 Å². The van der Waals surface area contributed by atoms with Crippen LogP contribution in [0.15, 0.2) is 60.7 Å². The van der Waals surface area contributed by atoms with Crippen molar-refractivity contribution in [3.05, 3.63) is 77.6 Å². The van der Waals surface area contributed by atoms with Gasteiger partial charge in [-0.1, -0.05) is 48.5 Å². The summed E-state index contributed by atoms with van der Waals surface area (Å²) in [5.74, 6) is -0.968. The summed E-state index contributed by atoms with van der Waals surface area (Å²) in [5.41, 5.74) is 2.45. The second kappa shape index (κ2) is 5.10. The van der Waals surface area contributed by atoms with Gasteiger partial charge in [0.05, 0.1) is 12.1 Å². The van der Waals surface area contributed by atoms with E-state index in [2.05, 4.69) is 4.85 Å². The molecule has 0 atom stereocenters. The van der Waals surface area contributed by atoms with Crippen LogP contribution in [-0.2, 0) is 0 Å². The standard InChI is InChI=1S/C18H11NO2/c1-19-16-10-9-12-7-8-14(18(20)21)11-15(12)17(16)13-5-3-2-4-6-13/h2-11H,(H,20,21). The van der Waals surface area contributed by atoms with E-state index in [4.69, 9.17) is 6.57 Å². The smallest absolute Gasteiger partial charge is 0.335 e. The highest BCUT2D eigenvalue weighted by atomic mass is 16.4. The molecule has 0 aromatic heterocycles. The summed E-state index contributed by atoms with van der Waals surface area (Å²) in [6, 6.07) is 18.2. The van der Waals surface area contributed by atoms with Crippen LogP contribution in [0, 0.1) is 6.57 Å². The van der Waals surface area contributed by atoms with Crippen molar-refractivity contribution in [2.75, 3.05) is 0 Å². The van der Waals surface area contributed by atoms with Crippen molar-refractivity contribution in [1.82, 2.24) is 0 Å². The summed E-state index contributed by atoms with van der Waals surface area (Å²) in [6.07, 6.45) is 0.